The van der Waals surface area contributed by atoms with Crippen LogP contribution < -0.4 is 5.32 Å². The van der Waals surface area contributed by atoms with Gasteiger partial charge in [-0.1, -0.05) is 25.5 Å². The molecule has 0 aromatic heterocycles. The van der Waals surface area contributed by atoms with Crippen LogP contribution in [0.5, 0.6) is 0 Å². The summed E-state index contributed by atoms with van der Waals surface area (Å²) in [6.07, 6.45) is 4.76. The van der Waals surface area contributed by atoms with Crippen molar-refractivity contribution in [3.8, 4) is 0 Å². The number of carbonyl (C=O) groups excluding carboxylic acids is 2. The highest BCUT2D eigenvalue weighted by molar-refractivity contribution is 6.01. The Hall–Kier alpha value is -1.53. The molecule has 0 heterocycles. The molecule has 0 aliphatic heterocycles. The Kier molecular flexibility index (Phi) is 4.75. The predicted octanol–water partition coefficient (Wildman–Crippen LogP) is 3.25. The number of aliphatic hydroxyl groups is 2. The fourth-order valence-electron chi connectivity index (χ4n) is 7.47. The van der Waals surface area contributed by atoms with Crippen LogP contribution in [0.2, 0.25) is 0 Å². The van der Waals surface area contributed by atoms with E-state index in [0.717, 1.165) is 5.57 Å². The standard InChI is InChI=1S/C25H36FNO4/c1-14-11-18-17-8-7-15-12-16(28)9-10-22(15,5)24(17,26)19(29)13-23(18,6)25(14,31)20(30)27-21(2,3)4/h9-10,12,14,17-19,29,31H,7-8,11,13H2,1-6H3,(H,27,30)/t14-,17+,18+,19+,22+,23+,24+,25+/m1/s1. The van der Waals surface area contributed by atoms with Crippen molar-refractivity contribution in [1.82, 2.24) is 5.32 Å². The monoisotopic (exact) mass is 433 g/mol. The smallest absolute Gasteiger partial charge is 0.253 e. The number of amides is 1. The van der Waals surface area contributed by atoms with Crippen molar-refractivity contribution in [2.24, 2.45) is 28.6 Å². The lowest BCUT2D eigenvalue weighted by Gasteiger charge is -2.62. The summed E-state index contributed by atoms with van der Waals surface area (Å²) < 4.78 is 17.1. The number of fused-ring (bicyclic) bond motifs is 5. The molecular formula is C25H36FNO4. The van der Waals surface area contributed by atoms with E-state index in [1.165, 1.54) is 12.2 Å². The van der Waals surface area contributed by atoms with Crippen molar-refractivity contribution >= 4 is 11.7 Å². The van der Waals surface area contributed by atoms with Gasteiger partial charge in [0.2, 0.25) is 0 Å². The van der Waals surface area contributed by atoms with Crippen molar-refractivity contribution in [3.05, 3.63) is 23.8 Å². The molecule has 172 valence electrons. The quantitative estimate of drug-likeness (QED) is 0.593. The highest BCUT2D eigenvalue weighted by Gasteiger charge is 2.75. The molecule has 8 atom stereocenters. The van der Waals surface area contributed by atoms with Gasteiger partial charge >= 0.3 is 0 Å². The molecule has 0 aromatic rings. The van der Waals surface area contributed by atoms with Gasteiger partial charge in [0, 0.05) is 22.3 Å². The van der Waals surface area contributed by atoms with Crippen LogP contribution in [0.3, 0.4) is 0 Å². The molecule has 1 amide bonds. The number of ketones is 1. The molecule has 31 heavy (non-hydrogen) atoms. The molecule has 4 aliphatic carbocycles. The average Bonchev–Trinajstić information content (AvgIpc) is 2.84. The van der Waals surface area contributed by atoms with Crippen molar-refractivity contribution in [3.63, 3.8) is 0 Å². The van der Waals surface area contributed by atoms with E-state index in [4.69, 9.17) is 0 Å². The van der Waals surface area contributed by atoms with Gasteiger partial charge in [-0.3, -0.25) is 9.59 Å². The van der Waals surface area contributed by atoms with Crippen molar-refractivity contribution in [2.75, 3.05) is 0 Å². The van der Waals surface area contributed by atoms with E-state index in [1.54, 1.807) is 13.0 Å². The number of rotatable bonds is 1. The van der Waals surface area contributed by atoms with Crippen LogP contribution in [0, 0.1) is 28.6 Å². The minimum Gasteiger partial charge on any atom is -0.390 e. The van der Waals surface area contributed by atoms with Crippen LogP contribution in [-0.2, 0) is 9.59 Å². The van der Waals surface area contributed by atoms with Gasteiger partial charge in [0.25, 0.3) is 5.91 Å². The Labute approximate surface area is 184 Å². The number of hydrogen-bond donors (Lipinski definition) is 3. The van der Waals surface area contributed by atoms with Gasteiger partial charge in [0.15, 0.2) is 17.1 Å². The molecule has 3 saturated carbocycles. The Bertz CT molecular complexity index is 890. The number of nitrogens with one attached hydrogen (secondary N) is 1. The Morgan fingerprint density at radius 3 is 2.52 bits per heavy atom. The van der Waals surface area contributed by atoms with Crippen LogP contribution >= 0.6 is 0 Å². The summed E-state index contributed by atoms with van der Waals surface area (Å²) in [5, 5.41) is 26.1. The third-order valence-electron chi connectivity index (χ3n) is 9.06. The lowest BCUT2D eigenvalue weighted by molar-refractivity contribution is -0.220. The Balaban J connectivity index is 1.79. The number of aliphatic hydroxyl groups excluding tert-OH is 1. The minimum atomic E-state index is -1.95. The molecule has 5 nitrogen and oxygen atoms in total. The maximum Gasteiger partial charge on any atom is 0.253 e. The fraction of sp³-hybridized carbons (Fsp3) is 0.760. The van der Waals surface area contributed by atoms with E-state index in [0.29, 0.717) is 19.3 Å². The SMILES string of the molecule is C[C@@H]1C[C@H]2[C@@H]3CCC4=CC(=O)C=C[C@]4(C)[C@@]3(F)[C@@H](O)C[C@]2(C)[C@@]1(O)C(=O)NC(C)(C)C. The molecular weight excluding hydrogens is 397 g/mol. The molecule has 3 fully saturated rings. The van der Waals surface area contributed by atoms with E-state index in [2.05, 4.69) is 5.32 Å². The summed E-state index contributed by atoms with van der Waals surface area (Å²) in [7, 11) is 0. The summed E-state index contributed by atoms with van der Waals surface area (Å²) in [6, 6.07) is 0. The predicted molar refractivity (Wildman–Crippen MR) is 116 cm³/mol. The highest BCUT2D eigenvalue weighted by atomic mass is 19.1. The van der Waals surface area contributed by atoms with Gasteiger partial charge in [-0.25, -0.2) is 4.39 Å². The first-order valence-corrected chi connectivity index (χ1v) is 11.5. The fourth-order valence-corrected chi connectivity index (χ4v) is 7.47. The summed E-state index contributed by atoms with van der Waals surface area (Å²) in [5.41, 5.74) is -5.45. The summed E-state index contributed by atoms with van der Waals surface area (Å²) in [4.78, 5) is 25.3. The summed E-state index contributed by atoms with van der Waals surface area (Å²) in [6.45, 7) is 11.1. The number of carbonyl (C=O) groups is 2. The zero-order valence-electron chi connectivity index (χ0n) is 19.5. The molecule has 0 bridgehead atoms. The van der Waals surface area contributed by atoms with E-state index in [9.17, 15) is 19.8 Å². The van der Waals surface area contributed by atoms with Crippen LogP contribution in [0.15, 0.2) is 23.8 Å². The first-order valence-electron chi connectivity index (χ1n) is 11.5. The van der Waals surface area contributed by atoms with Crippen molar-refractivity contribution < 1.29 is 24.2 Å². The van der Waals surface area contributed by atoms with Crippen LogP contribution in [0.1, 0.15) is 67.2 Å². The van der Waals surface area contributed by atoms with E-state index in [1.807, 2.05) is 34.6 Å². The second-order valence-corrected chi connectivity index (χ2v) is 11.9. The second kappa shape index (κ2) is 6.50. The second-order valence-electron chi connectivity index (χ2n) is 11.9. The van der Waals surface area contributed by atoms with Gasteiger partial charge in [0.05, 0.1) is 6.10 Å². The zero-order valence-corrected chi connectivity index (χ0v) is 19.5. The van der Waals surface area contributed by atoms with Crippen LogP contribution in [0.25, 0.3) is 0 Å². The molecule has 4 rings (SSSR count). The first-order chi connectivity index (χ1) is 14.1. The largest absolute Gasteiger partial charge is 0.390 e. The normalized spacial score (nSPS) is 49.1. The maximum atomic E-state index is 17.1. The Morgan fingerprint density at radius 1 is 1.26 bits per heavy atom. The van der Waals surface area contributed by atoms with Crippen LogP contribution in [-0.4, -0.2) is 44.8 Å². The van der Waals surface area contributed by atoms with Crippen molar-refractivity contribution in [2.45, 2.75) is 90.1 Å². The topological polar surface area (TPSA) is 86.6 Å². The highest BCUT2D eigenvalue weighted by Crippen LogP contribution is 2.70. The molecule has 0 aromatic carbocycles. The number of halogens is 1. The molecule has 0 unspecified atom stereocenters. The summed E-state index contributed by atoms with van der Waals surface area (Å²) in [5.74, 6) is -1.72. The summed E-state index contributed by atoms with van der Waals surface area (Å²) >= 11 is 0. The van der Waals surface area contributed by atoms with E-state index in [-0.39, 0.29) is 24.0 Å². The average molecular weight is 434 g/mol. The van der Waals surface area contributed by atoms with Gasteiger partial charge in [-0.15, -0.1) is 0 Å². The molecule has 3 N–H and O–H groups in total. The number of hydrogen-bond acceptors (Lipinski definition) is 4. The maximum absolute atomic E-state index is 17.1. The lowest BCUT2D eigenvalue weighted by atomic mass is 9.44. The van der Waals surface area contributed by atoms with Gasteiger partial charge in [-0.05, 0) is 77.4 Å². The lowest BCUT2D eigenvalue weighted by Crippen LogP contribution is -2.70. The van der Waals surface area contributed by atoms with Gasteiger partial charge < -0.3 is 15.5 Å². The molecule has 0 radical (unpaired) electrons. The van der Waals surface area contributed by atoms with E-state index < -0.39 is 45.6 Å². The van der Waals surface area contributed by atoms with Crippen LogP contribution in [0.4, 0.5) is 4.39 Å². The van der Waals surface area contributed by atoms with Gasteiger partial charge in [-0.2, -0.15) is 0 Å². The van der Waals surface area contributed by atoms with E-state index >= 15 is 4.39 Å². The molecule has 6 heteroatoms. The van der Waals surface area contributed by atoms with Crippen molar-refractivity contribution in [1.29, 1.82) is 0 Å². The number of allylic oxidation sites excluding steroid dienone is 4. The molecule has 4 aliphatic rings. The minimum absolute atomic E-state index is 0.00622. The molecule has 0 saturated heterocycles. The Morgan fingerprint density at radius 2 is 1.90 bits per heavy atom. The first kappa shape index (κ1) is 22.7. The number of alkyl halides is 1. The third-order valence-corrected chi connectivity index (χ3v) is 9.06. The zero-order chi connectivity index (χ0) is 23.2. The van der Waals surface area contributed by atoms with Gasteiger partial charge in [0.1, 0.15) is 0 Å². The molecule has 0 spiro atoms. The third kappa shape index (κ3) is 2.73.